The lowest BCUT2D eigenvalue weighted by Crippen LogP contribution is -2.45. The average molecular weight is 236 g/mol. The van der Waals surface area contributed by atoms with E-state index in [0.717, 1.165) is 5.56 Å². The monoisotopic (exact) mass is 236 g/mol. The molecule has 4 N–H and O–H groups in total. The van der Waals surface area contributed by atoms with Gasteiger partial charge in [-0.25, -0.2) is 0 Å². The van der Waals surface area contributed by atoms with Gasteiger partial charge in [0, 0.05) is 6.54 Å². The predicted molar refractivity (Wildman–Crippen MR) is 67.2 cm³/mol. The Kier molecular flexibility index (Phi) is 5.12. The predicted octanol–water partition coefficient (Wildman–Crippen LogP) is 0.819. The molecule has 0 aliphatic rings. The molecule has 0 heterocycles. The van der Waals surface area contributed by atoms with Gasteiger partial charge in [0.15, 0.2) is 0 Å². The van der Waals surface area contributed by atoms with Gasteiger partial charge in [-0.05, 0) is 11.5 Å². The molecular weight excluding hydrogens is 216 g/mol. The van der Waals surface area contributed by atoms with Crippen LogP contribution < -0.4 is 11.1 Å². The largest absolute Gasteiger partial charge is 0.387 e. The van der Waals surface area contributed by atoms with Gasteiger partial charge >= 0.3 is 0 Å². The SMILES string of the molecule is CC(C)[C@@H](N)C(=O)NCC(O)c1ccccc1. The van der Waals surface area contributed by atoms with Gasteiger partial charge in [-0.2, -0.15) is 0 Å². The van der Waals surface area contributed by atoms with Gasteiger partial charge in [0.2, 0.25) is 5.91 Å². The molecule has 1 unspecified atom stereocenters. The number of aliphatic hydroxyl groups excluding tert-OH is 1. The molecule has 17 heavy (non-hydrogen) atoms. The van der Waals surface area contributed by atoms with Crippen LogP contribution in [0.15, 0.2) is 30.3 Å². The maximum absolute atomic E-state index is 11.6. The first-order valence-electron chi connectivity index (χ1n) is 5.78. The Morgan fingerprint density at radius 2 is 1.94 bits per heavy atom. The van der Waals surface area contributed by atoms with Crippen LogP contribution in [0.2, 0.25) is 0 Å². The van der Waals surface area contributed by atoms with Gasteiger partial charge in [0.1, 0.15) is 0 Å². The minimum atomic E-state index is -0.695. The summed E-state index contributed by atoms with van der Waals surface area (Å²) in [4.78, 5) is 11.6. The smallest absolute Gasteiger partial charge is 0.237 e. The number of nitrogens with two attached hydrogens (primary N) is 1. The number of benzene rings is 1. The Bertz CT molecular complexity index is 352. The van der Waals surface area contributed by atoms with Crippen LogP contribution in [0.3, 0.4) is 0 Å². The maximum Gasteiger partial charge on any atom is 0.237 e. The molecule has 0 saturated carbocycles. The summed E-state index contributed by atoms with van der Waals surface area (Å²) in [7, 11) is 0. The van der Waals surface area contributed by atoms with Crippen molar-refractivity contribution in [2.75, 3.05) is 6.54 Å². The fourth-order valence-corrected chi connectivity index (χ4v) is 1.41. The van der Waals surface area contributed by atoms with E-state index >= 15 is 0 Å². The van der Waals surface area contributed by atoms with E-state index in [0.29, 0.717) is 0 Å². The first kappa shape index (κ1) is 13.7. The molecule has 0 radical (unpaired) electrons. The van der Waals surface area contributed by atoms with Crippen LogP contribution in [0.4, 0.5) is 0 Å². The summed E-state index contributed by atoms with van der Waals surface area (Å²) in [5.74, 6) is -0.140. The fraction of sp³-hybridized carbons (Fsp3) is 0.462. The van der Waals surface area contributed by atoms with E-state index in [1.165, 1.54) is 0 Å². The molecule has 0 aliphatic carbocycles. The summed E-state index contributed by atoms with van der Waals surface area (Å²) in [6.07, 6.45) is -0.695. The second-order valence-electron chi connectivity index (χ2n) is 4.44. The van der Waals surface area contributed by atoms with Crippen molar-refractivity contribution in [1.82, 2.24) is 5.32 Å². The van der Waals surface area contributed by atoms with Gasteiger partial charge in [0.05, 0.1) is 12.1 Å². The molecule has 0 aliphatic heterocycles. The molecule has 0 aromatic heterocycles. The van der Waals surface area contributed by atoms with Gasteiger partial charge in [-0.1, -0.05) is 44.2 Å². The van der Waals surface area contributed by atoms with Crippen molar-refractivity contribution >= 4 is 5.91 Å². The van der Waals surface area contributed by atoms with Gasteiger partial charge in [-0.3, -0.25) is 4.79 Å². The van der Waals surface area contributed by atoms with E-state index in [4.69, 9.17) is 5.73 Å². The van der Waals surface area contributed by atoms with Crippen molar-refractivity contribution in [2.24, 2.45) is 11.7 Å². The molecule has 2 atom stereocenters. The van der Waals surface area contributed by atoms with Crippen LogP contribution in [-0.2, 0) is 4.79 Å². The van der Waals surface area contributed by atoms with E-state index in [9.17, 15) is 9.90 Å². The average Bonchev–Trinajstić information content (AvgIpc) is 2.35. The highest BCUT2D eigenvalue weighted by Crippen LogP contribution is 2.10. The number of rotatable bonds is 5. The first-order chi connectivity index (χ1) is 8.02. The first-order valence-corrected chi connectivity index (χ1v) is 5.78. The zero-order chi connectivity index (χ0) is 12.8. The number of carbonyl (C=O) groups is 1. The Morgan fingerprint density at radius 1 is 1.35 bits per heavy atom. The maximum atomic E-state index is 11.6. The number of aliphatic hydroxyl groups is 1. The standard InChI is InChI=1S/C13H20N2O2/c1-9(2)12(14)13(17)15-8-11(16)10-6-4-3-5-7-10/h3-7,9,11-12,16H,8,14H2,1-2H3,(H,15,17)/t11?,12-/m1/s1. The summed E-state index contributed by atoms with van der Waals surface area (Å²) in [5, 5.41) is 12.5. The van der Waals surface area contributed by atoms with Gasteiger partial charge < -0.3 is 16.2 Å². The molecule has 4 heteroatoms. The zero-order valence-corrected chi connectivity index (χ0v) is 10.3. The van der Waals surface area contributed by atoms with Crippen molar-refractivity contribution in [3.05, 3.63) is 35.9 Å². The summed E-state index contributed by atoms with van der Waals surface area (Å²) in [6, 6.07) is 8.68. The van der Waals surface area contributed by atoms with E-state index in [1.807, 2.05) is 44.2 Å². The minimum absolute atomic E-state index is 0.0869. The second-order valence-corrected chi connectivity index (χ2v) is 4.44. The molecular formula is C13H20N2O2. The van der Waals surface area contributed by atoms with Crippen LogP contribution in [0.1, 0.15) is 25.5 Å². The molecule has 1 aromatic carbocycles. The third kappa shape index (κ3) is 4.17. The lowest BCUT2D eigenvalue weighted by atomic mass is 10.0. The highest BCUT2D eigenvalue weighted by molar-refractivity contribution is 5.81. The van der Waals surface area contributed by atoms with Crippen LogP contribution in [-0.4, -0.2) is 23.6 Å². The number of carbonyl (C=O) groups excluding carboxylic acids is 1. The molecule has 0 saturated heterocycles. The van der Waals surface area contributed by atoms with Crippen LogP contribution in [0.25, 0.3) is 0 Å². The third-order valence-electron chi connectivity index (χ3n) is 2.67. The fourth-order valence-electron chi connectivity index (χ4n) is 1.41. The van der Waals surface area contributed by atoms with Crippen LogP contribution in [0.5, 0.6) is 0 Å². The van der Waals surface area contributed by atoms with Gasteiger partial charge in [-0.15, -0.1) is 0 Å². The van der Waals surface area contributed by atoms with Crippen molar-refractivity contribution < 1.29 is 9.90 Å². The van der Waals surface area contributed by atoms with Crippen molar-refractivity contribution in [3.63, 3.8) is 0 Å². The number of hydrogen-bond donors (Lipinski definition) is 3. The normalized spacial score (nSPS) is 14.4. The highest BCUT2D eigenvalue weighted by Gasteiger charge is 2.18. The van der Waals surface area contributed by atoms with Crippen molar-refractivity contribution in [2.45, 2.75) is 26.0 Å². The van der Waals surface area contributed by atoms with Crippen LogP contribution in [0, 0.1) is 5.92 Å². The van der Waals surface area contributed by atoms with E-state index in [1.54, 1.807) is 0 Å². The highest BCUT2D eigenvalue weighted by atomic mass is 16.3. The summed E-state index contributed by atoms with van der Waals surface area (Å²) < 4.78 is 0. The molecule has 0 fully saturated rings. The van der Waals surface area contributed by atoms with E-state index in [2.05, 4.69) is 5.32 Å². The Hall–Kier alpha value is -1.39. The van der Waals surface area contributed by atoms with Crippen LogP contribution >= 0.6 is 0 Å². The van der Waals surface area contributed by atoms with Crippen molar-refractivity contribution in [3.8, 4) is 0 Å². The lowest BCUT2D eigenvalue weighted by Gasteiger charge is -2.17. The Balaban J connectivity index is 2.44. The minimum Gasteiger partial charge on any atom is -0.387 e. The zero-order valence-electron chi connectivity index (χ0n) is 10.3. The lowest BCUT2D eigenvalue weighted by molar-refractivity contribution is -0.123. The van der Waals surface area contributed by atoms with E-state index < -0.39 is 12.1 Å². The Morgan fingerprint density at radius 3 is 2.47 bits per heavy atom. The molecule has 0 bridgehead atoms. The Labute approximate surface area is 102 Å². The second kappa shape index (κ2) is 6.37. The topological polar surface area (TPSA) is 75.4 Å². The third-order valence-corrected chi connectivity index (χ3v) is 2.67. The molecule has 94 valence electrons. The quantitative estimate of drug-likeness (QED) is 0.708. The summed E-state index contributed by atoms with van der Waals surface area (Å²) in [6.45, 7) is 3.96. The molecule has 1 rings (SSSR count). The number of nitrogens with one attached hydrogen (secondary N) is 1. The molecule has 4 nitrogen and oxygen atoms in total. The summed E-state index contributed by atoms with van der Waals surface area (Å²) in [5.41, 5.74) is 6.47. The van der Waals surface area contributed by atoms with E-state index in [-0.39, 0.29) is 18.4 Å². The number of hydrogen-bond acceptors (Lipinski definition) is 3. The molecule has 1 amide bonds. The molecule has 0 spiro atoms. The molecule has 1 aromatic rings. The summed E-state index contributed by atoms with van der Waals surface area (Å²) >= 11 is 0. The van der Waals surface area contributed by atoms with Crippen molar-refractivity contribution in [1.29, 1.82) is 0 Å². The number of amides is 1. The van der Waals surface area contributed by atoms with Gasteiger partial charge in [0.25, 0.3) is 0 Å².